The Morgan fingerprint density at radius 2 is 2.12 bits per heavy atom. The minimum Gasteiger partial charge on any atom is -0.497 e. The van der Waals surface area contributed by atoms with Crippen LogP contribution in [0.3, 0.4) is 0 Å². The van der Waals surface area contributed by atoms with E-state index in [9.17, 15) is 0 Å². The third-order valence-electron chi connectivity index (χ3n) is 4.06. The lowest BCUT2D eigenvalue weighted by Crippen LogP contribution is -2.25. The second-order valence-electron chi connectivity index (χ2n) is 4.83. The molecular formula is C13H18N2O. The van der Waals surface area contributed by atoms with Gasteiger partial charge in [0.05, 0.1) is 7.11 Å². The van der Waals surface area contributed by atoms with Crippen molar-refractivity contribution in [2.75, 3.05) is 31.6 Å². The van der Waals surface area contributed by atoms with Crippen LogP contribution in [0.25, 0.3) is 0 Å². The van der Waals surface area contributed by atoms with E-state index in [0.29, 0.717) is 0 Å². The minimum absolute atomic E-state index is 0.793. The zero-order valence-electron chi connectivity index (χ0n) is 9.60. The van der Waals surface area contributed by atoms with Gasteiger partial charge in [-0.3, -0.25) is 0 Å². The zero-order chi connectivity index (χ0) is 11.1. The molecule has 2 N–H and O–H groups in total. The highest BCUT2D eigenvalue weighted by Crippen LogP contribution is 2.51. The second kappa shape index (κ2) is 3.67. The minimum atomic E-state index is 0.793. The fraction of sp³-hybridized carbons (Fsp3) is 0.538. The summed E-state index contributed by atoms with van der Waals surface area (Å²) in [5.74, 6) is 3.42. The molecule has 1 aromatic rings. The molecule has 2 aliphatic rings. The number of benzene rings is 1. The van der Waals surface area contributed by atoms with Crippen molar-refractivity contribution in [2.24, 2.45) is 23.5 Å². The lowest BCUT2D eigenvalue weighted by Gasteiger charge is -2.22. The molecule has 2 atom stereocenters. The number of piperidine rings is 1. The third-order valence-corrected chi connectivity index (χ3v) is 4.06. The van der Waals surface area contributed by atoms with Gasteiger partial charge in [0.15, 0.2) is 0 Å². The molecule has 1 aliphatic heterocycles. The molecule has 2 fully saturated rings. The van der Waals surface area contributed by atoms with Crippen molar-refractivity contribution in [3.8, 4) is 5.75 Å². The van der Waals surface area contributed by atoms with Crippen molar-refractivity contribution in [1.29, 1.82) is 0 Å². The molecule has 3 nitrogen and oxygen atoms in total. The number of nitrogens with zero attached hydrogens (tertiary/aromatic N) is 1. The lowest BCUT2D eigenvalue weighted by atomic mass is 10.2. The lowest BCUT2D eigenvalue weighted by molar-refractivity contribution is 0.414. The molecule has 0 radical (unpaired) electrons. The summed E-state index contributed by atoms with van der Waals surface area (Å²) in [5.41, 5.74) is 7.00. The molecule has 0 spiro atoms. The summed E-state index contributed by atoms with van der Waals surface area (Å²) in [4.78, 5) is 2.45. The van der Waals surface area contributed by atoms with Gasteiger partial charge in [-0.2, -0.15) is 0 Å². The largest absolute Gasteiger partial charge is 0.497 e. The van der Waals surface area contributed by atoms with Crippen LogP contribution in [-0.2, 0) is 0 Å². The Labute approximate surface area is 96.2 Å². The maximum Gasteiger partial charge on any atom is 0.120 e. The average molecular weight is 218 g/mol. The molecule has 86 valence electrons. The number of fused-ring (bicyclic) bond motifs is 1. The van der Waals surface area contributed by atoms with Crippen molar-refractivity contribution in [3.63, 3.8) is 0 Å². The highest BCUT2D eigenvalue weighted by Gasteiger charge is 2.54. The number of methoxy groups -OCH3 is 1. The van der Waals surface area contributed by atoms with Crippen LogP contribution in [0, 0.1) is 17.8 Å². The SMILES string of the molecule is COc1cccc(N2CC3C(CN)C3C2)c1. The van der Waals surface area contributed by atoms with Gasteiger partial charge in [0, 0.05) is 24.8 Å². The van der Waals surface area contributed by atoms with Crippen molar-refractivity contribution >= 4 is 5.69 Å². The molecule has 3 heteroatoms. The Kier molecular flexibility index (Phi) is 2.28. The number of hydrogen-bond donors (Lipinski definition) is 1. The van der Waals surface area contributed by atoms with Crippen molar-refractivity contribution < 1.29 is 4.74 Å². The molecule has 1 aromatic carbocycles. The summed E-state index contributed by atoms with van der Waals surface area (Å²) in [6, 6.07) is 8.31. The molecule has 1 saturated heterocycles. The van der Waals surface area contributed by atoms with E-state index in [1.165, 1.54) is 18.8 Å². The standard InChI is InChI=1S/C13H18N2O/c1-16-10-4-2-3-9(5-10)15-7-12-11(6-14)13(12)8-15/h2-5,11-13H,6-8,14H2,1H3. The van der Waals surface area contributed by atoms with Crippen LogP contribution in [0.4, 0.5) is 5.69 Å². The summed E-state index contributed by atoms with van der Waals surface area (Å²) < 4.78 is 5.25. The first kappa shape index (κ1) is 9.97. The van der Waals surface area contributed by atoms with Crippen LogP contribution in [0.5, 0.6) is 5.75 Å². The average Bonchev–Trinajstić information content (AvgIpc) is 2.81. The van der Waals surface area contributed by atoms with E-state index in [2.05, 4.69) is 23.1 Å². The van der Waals surface area contributed by atoms with Gasteiger partial charge >= 0.3 is 0 Å². The van der Waals surface area contributed by atoms with Gasteiger partial charge in [0.2, 0.25) is 0 Å². The summed E-state index contributed by atoms with van der Waals surface area (Å²) in [5, 5.41) is 0. The Morgan fingerprint density at radius 3 is 2.75 bits per heavy atom. The quantitative estimate of drug-likeness (QED) is 0.832. The Bertz CT molecular complexity index is 381. The van der Waals surface area contributed by atoms with Gasteiger partial charge < -0.3 is 15.4 Å². The third kappa shape index (κ3) is 1.47. The van der Waals surface area contributed by atoms with Crippen LogP contribution in [0.15, 0.2) is 24.3 Å². The van der Waals surface area contributed by atoms with Crippen molar-refractivity contribution in [2.45, 2.75) is 0 Å². The van der Waals surface area contributed by atoms with Gasteiger partial charge in [-0.05, 0) is 36.4 Å². The van der Waals surface area contributed by atoms with E-state index >= 15 is 0 Å². The first-order chi connectivity index (χ1) is 7.83. The summed E-state index contributed by atoms with van der Waals surface area (Å²) in [6.45, 7) is 3.20. The topological polar surface area (TPSA) is 38.5 Å². The number of anilines is 1. The van der Waals surface area contributed by atoms with Gasteiger partial charge in [0.25, 0.3) is 0 Å². The van der Waals surface area contributed by atoms with E-state index in [4.69, 9.17) is 10.5 Å². The normalized spacial score (nSPS) is 31.4. The zero-order valence-corrected chi connectivity index (χ0v) is 9.60. The molecule has 0 bridgehead atoms. The van der Waals surface area contributed by atoms with E-state index < -0.39 is 0 Å². The van der Waals surface area contributed by atoms with E-state index in [-0.39, 0.29) is 0 Å². The highest BCUT2D eigenvalue weighted by atomic mass is 16.5. The first-order valence-electron chi connectivity index (χ1n) is 5.92. The maximum atomic E-state index is 5.72. The van der Waals surface area contributed by atoms with Crippen molar-refractivity contribution in [3.05, 3.63) is 24.3 Å². The monoisotopic (exact) mass is 218 g/mol. The fourth-order valence-corrected chi connectivity index (χ4v) is 3.02. The molecule has 0 aromatic heterocycles. The molecular weight excluding hydrogens is 200 g/mol. The van der Waals surface area contributed by atoms with Crippen molar-refractivity contribution in [1.82, 2.24) is 0 Å². The summed E-state index contributed by atoms with van der Waals surface area (Å²) in [6.07, 6.45) is 0. The van der Waals surface area contributed by atoms with E-state index in [1.807, 2.05) is 6.07 Å². The van der Waals surface area contributed by atoms with Crippen LogP contribution in [0.2, 0.25) is 0 Å². The molecule has 1 saturated carbocycles. The predicted molar refractivity (Wildman–Crippen MR) is 64.7 cm³/mol. The van der Waals surface area contributed by atoms with Crippen LogP contribution in [-0.4, -0.2) is 26.7 Å². The van der Waals surface area contributed by atoms with Gasteiger partial charge in [-0.1, -0.05) is 6.07 Å². The maximum absolute atomic E-state index is 5.72. The summed E-state index contributed by atoms with van der Waals surface area (Å²) >= 11 is 0. The fourth-order valence-electron chi connectivity index (χ4n) is 3.02. The Hall–Kier alpha value is -1.22. The predicted octanol–water partition coefficient (Wildman–Crippen LogP) is 1.34. The Morgan fingerprint density at radius 1 is 1.38 bits per heavy atom. The molecule has 1 heterocycles. The summed E-state index contributed by atoms with van der Waals surface area (Å²) in [7, 11) is 1.71. The molecule has 2 unspecified atom stereocenters. The molecule has 3 rings (SSSR count). The van der Waals surface area contributed by atoms with Gasteiger partial charge in [-0.25, -0.2) is 0 Å². The van der Waals surface area contributed by atoms with Crippen LogP contribution in [0.1, 0.15) is 0 Å². The van der Waals surface area contributed by atoms with Gasteiger partial charge in [-0.15, -0.1) is 0 Å². The molecule has 16 heavy (non-hydrogen) atoms. The molecule has 1 aliphatic carbocycles. The van der Waals surface area contributed by atoms with Crippen LogP contribution >= 0.6 is 0 Å². The van der Waals surface area contributed by atoms with E-state index in [1.54, 1.807) is 7.11 Å². The number of hydrogen-bond acceptors (Lipinski definition) is 3. The second-order valence-corrected chi connectivity index (χ2v) is 4.83. The van der Waals surface area contributed by atoms with Crippen LogP contribution < -0.4 is 15.4 Å². The number of ether oxygens (including phenoxy) is 1. The number of nitrogens with two attached hydrogens (primary N) is 1. The number of rotatable bonds is 3. The highest BCUT2D eigenvalue weighted by molar-refractivity contribution is 5.52. The van der Waals surface area contributed by atoms with E-state index in [0.717, 1.165) is 30.0 Å². The molecule has 0 amide bonds. The Balaban J connectivity index is 1.71. The first-order valence-corrected chi connectivity index (χ1v) is 5.92. The smallest absolute Gasteiger partial charge is 0.120 e. The van der Waals surface area contributed by atoms with Gasteiger partial charge in [0.1, 0.15) is 5.75 Å².